The van der Waals surface area contributed by atoms with E-state index in [0.29, 0.717) is 25.7 Å². The molecule has 0 saturated carbocycles. The zero-order chi connectivity index (χ0) is 18.4. The van der Waals surface area contributed by atoms with Crippen LogP contribution in [0.3, 0.4) is 0 Å². The first-order valence-electron chi connectivity index (χ1n) is 9.58. The molecule has 3 heterocycles. The first kappa shape index (κ1) is 20.0. The standard InChI is InChI=1S/C17H31N5O2S2/c1-2-18-17(21-9-5-16(15-21)20-7-3-4-8-20)19-6-14-26(23,24)22-10-12-25-13-11-22/h3-4,16H,2,5-15H2,1H3,(H,18,19). The number of rotatable bonds is 6. The molecule has 7 nitrogen and oxygen atoms in total. The van der Waals surface area contributed by atoms with E-state index in [2.05, 4.69) is 39.2 Å². The molecule has 2 saturated heterocycles. The highest BCUT2D eigenvalue weighted by molar-refractivity contribution is 7.99. The molecule has 148 valence electrons. The van der Waals surface area contributed by atoms with Gasteiger partial charge in [0.15, 0.2) is 5.96 Å². The van der Waals surface area contributed by atoms with Gasteiger partial charge in [-0.05, 0) is 13.3 Å². The van der Waals surface area contributed by atoms with Crippen LogP contribution < -0.4 is 5.32 Å². The van der Waals surface area contributed by atoms with Crippen LogP contribution in [0.15, 0.2) is 17.1 Å². The minimum atomic E-state index is -3.19. The summed E-state index contributed by atoms with van der Waals surface area (Å²) >= 11 is 1.82. The molecule has 1 unspecified atom stereocenters. The average Bonchev–Trinajstić information content (AvgIpc) is 3.33. The number of sulfonamides is 1. The van der Waals surface area contributed by atoms with Gasteiger partial charge in [0.25, 0.3) is 0 Å². The van der Waals surface area contributed by atoms with Gasteiger partial charge in [-0.25, -0.2) is 12.7 Å². The average molecular weight is 402 g/mol. The molecule has 26 heavy (non-hydrogen) atoms. The Morgan fingerprint density at radius 2 is 1.96 bits per heavy atom. The molecule has 0 aromatic rings. The van der Waals surface area contributed by atoms with Gasteiger partial charge in [0.2, 0.25) is 10.0 Å². The van der Waals surface area contributed by atoms with Crippen molar-refractivity contribution in [2.45, 2.75) is 19.4 Å². The highest BCUT2D eigenvalue weighted by Crippen LogP contribution is 2.18. The first-order valence-corrected chi connectivity index (χ1v) is 12.3. The lowest BCUT2D eigenvalue weighted by Crippen LogP contribution is -2.43. The van der Waals surface area contributed by atoms with Gasteiger partial charge in [-0.3, -0.25) is 9.89 Å². The van der Waals surface area contributed by atoms with Gasteiger partial charge in [0.05, 0.1) is 12.3 Å². The molecule has 1 N–H and O–H groups in total. The summed E-state index contributed by atoms with van der Waals surface area (Å²) in [5.41, 5.74) is 0. The Morgan fingerprint density at radius 1 is 1.23 bits per heavy atom. The normalized spacial score (nSPS) is 26.0. The SMILES string of the molecule is CCNC(=NCCS(=O)(=O)N1CCSCC1)N1CCC(N2CC=CC2)C1. The lowest BCUT2D eigenvalue weighted by atomic mass is 10.2. The second-order valence-corrected chi connectivity index (χ2v) is 10.2. The van der Waals surface area contributed by atoms with Crippen molar-refractivity contribution in [2.24, 2.45) is 4.99 Å². The van der Waals surface area contributed by atoms with Crippen molar-refractivity contribution in [1.82, 2.24) is 19.4 Å². The van der Waals surface area contributed by atoms with Crippen molar-refractivity contribution >= 4 is 27.7 Å². The lowest BCUT2D eigenvalue weighted by molar-refractivity contribution is 0.259. The van der Waals surface area contributed by atoms with Gasteiger partial charge >= 0.3 is 0 Å². The fraction of sp³-hybridized carbons (Fsp3) is 0.824. The molecule has 0 aliphatic carbocycles. The Morgan fingerprint density at radius 3 is 2.65 bits per heavy atom. The van der Waals surface area contributed by atoms with Crippen LogP contribution in [0.1, 0.15) is 13.3 Å². The number of nitrogens with zero attached hydrogens (tertiary/aromatic N) is 4. The minimum absolute atomic E-state index is 0.0971. The van der Waals surface area contributed by atoms with Crippen LogP contribution in [0.5, 0.6) is 0 Å². The van der Waals surface area contributed by atoms with E-state index in [1.165, 1.54) is 0 Å². The predicted molar refractivity (Wildman–Crippen MR) is 109 cm³/mol. The number of nitrogens with one attached hydrogen (secondary N) is 1. The molecule has 0 radical (unpaired) electrons. The van der Waals surface area contributed by atoms with Crippen LogP contribution in [0.4, 0.5) is 0 Å². The van der Waals surface area contributed by atoms with Gasteiger partial charge in [-0.2, -0.15) is 11.8 Å². The summed E-state index contributed by atoms with van der Waals surface area (Å²) in [7, 11) is -3.19. The Kier molecular flexibility index (Phi) is 7.25. The Labute approximate surface area is 161 Å². The quantitative estimate of drug-likeness (QED) is 0.392. The summed E-state index contributed by atoms with van der Waals surface area (Å²) in [4.78, 5) is 9.39. The van der Waals surface area contributed by atoms with E-state index in [0.717, 1.165) is 56.6 Å². The molecule has 3 aliphatic rings. The fourth-order valence-corrected chi connectivity index (χ4v) is 6.12. The van der Waals surface area contributed by atoms with Gasteiger partial charge in [-0.15, -0.1) is 0 Å². The third-order valence-electron chi connectivity index (χ3n) is 5.13. The number of thioether (sulfide) groups is 1. The van der Waals surface area contributed by atoms with E-state index in [9.17, 15) is 8.42 Å². The molecule has 0 amide bonds. The maximum atomic E-state index is 12.5. The fourth-order valence-electron chi connectivity index (χ4n) is 3.67. The van der Waals surface area contributed by atoms with E-state index in [1.54, 1.807) is 4.31 Å². The van der Waals surface area contributed by atoms with Crippen molar-refractivity contribution in [3.63, 3.8) is 0 Å². The molecular formula is C17H31N5O2S2. The van der Waals surface area contributed by atoms with Gasteiger partial charge in [0, 0.05) is 63.4 Å². The molecule has 1 atom stereocenters. The van der Waals surface area contributed by atoms with Crippen molar-refractivity contribution in [2.75, 3.05) is 69.6 Å². The molecule has 0 spiro atoms. The molecular weight excluding hydrogens is 370 g/mol. The monoisotopic (exact) mass is 401 g/mol. The molecule has 2 fully saturated rings. The number of hydrogen-bond acceptors (Lipinski definition) is 5. The summed E-state index contributed by atoms with van der Waals surface area (Å²) in [6.07, 6.45) is 5.59. The van der Waals surface area contributed by atoms with E-state index in [-0.39, 0.29) is 5.75 Å². The van der Waals surface area contributed by atoms with E-state index >= 15 is 0 Å². The molecule has 3 rings (SSSR count). The number of hydrogen-bond donors (Lipinski definition) is 1. The molecule has 0 bridgehead atoms. The Bertz CT molecular complexity index is 609. The van der Waals surface area contributed by atoms with Crippen LogP contribution in [0.25, 0.3) is 0 Å². The lowest BCUT2D eigenvalue weighted by Gasteiger charge is -2.26. The molecule has 3 aliphatic heterocycles. The van der Waals surface area contributed by atoms with Crippen LogP contribution in [0, 0.1) is 0 Å². The Hall–Kier alpha value is -0.770. The van der Waals surface area contributed by atoms with Gasteiger partial charge in [0.1, 0.15) is 0 Å². The van der Waals surface area contributed by atoms with Crippen LogP contribution in [-0.2, 0) is 10.0 Å². The van der Waals surface area contributed by atoms with Crippen LogP contribution >= 0.6 is 11.8 Å². The van der Waals surface area contributed by atoms with Crippen molar-refractivity contribution in [3.8, 4) is 0 Å². The topological polar surface area (TPSA) is 68.2 Å². The van der Waals surface area contributed by atoms with Crippen molar-refractivity contribution in [3.05, 3.63) is 12.2 Å². The summed E-state index contributed by atoms with van der Waals surface area (Å²) in [5.74, 6) is 2.74. The third-order valence-corrected chi connectivity index (χ3v) is 7.93. The predicted octanol–water partition coefficient (Wildman–Crippen LogP) is 0.277. The largest absolute Gasteiger partial charge is 0.357 e. The van der Waals surface area contributed by atoms with Crippen LogP contribution in [-0.4, -0.2) is 104 Å². The second kappa shape index (κ2) is 9.43. The van der Waals surface area contributed by atoms with Crippen LogP contribution in [0.2, 0.25) is 0 Å². The summed E-state index contributed by atoms with van der Waals surface area (Å²) in [5, 5.41) is 3.33. The summed E-state index contributed by atoms with van der Waals surface area (Å²) < 4.78 is 26.6. The van der Waals surface area contributed by atoms with Crippen molar-refractivity contribution in [1.29, 1.82) is 0 Å². The van der Waals surface area contributed by atoms with E-state index in [4.69, 9.17) is 0 Å². The second-order valence-electron chi connectivity index (χ2n) is 6.88. The smallest absolute Gasteiger partial charge is 0.215 e. The van der Waals surface area contributed by atoms with E-state index in [1.807, 2.05) is 11.8 Å². The molecule has 0 aromatic carbocycles. The zero-order valence-corrected chi connectivity index (χ0v) is 17.3. The number of aliphatic imine (C=N–C) groups is 1. The minimum Gasteiger partial charge on any atom is -0.357 e. The maximum absolute atomic E-state index is 12.5. The van der Waals surface area contributed by atoms with Gasteiger partial charge in [-0.1, -0.05) is 12.2 Å². The Balaban J connectivity index is 1.53. The number of likely N-dealkylation sites (tertiary alicyclic amines) is 1. The maximum Gasteiger partial charge on any atom is 0.215 e. The first-order chi connectivity index (χ1) is 12.6. The molecule has 0 aromatic heterocycles. The zero-order valence-electron chi connectivity index (χ0n) is 15.6. The summed E-state index contributed by atoms with van der Waals surface area (Å²) in [6, 6.07) is 0.559. The highest BCUT2D eigenvalue weighted by Gasteiger charge is 2.30. The van der Waals surface area contributed by atoms with Crippen molar-refractivity contribution < 1.29 is 8.42 Å². The van der Waals surface area contributed by atoms with E-state index < -0.39 is 10.0 Å². The molecule has 9 heteroatoms. The summed E-state index contributed by atoms with van der Waals surface area (Å²) in [6.45, 7) is 8.45. The third kappa shape index (κ3) is 5.15. The highest BCUT2D eigenvalue weighted by atomic mass is 32.2. The number of guanidine groups is 1. The van der Waals surface area contributed by atoms with Gasteiger partial charge < -0.3 is 10.2 Å².